The number of ether oxygens (including phenoxy) is 20. The van der Waals surface area contributed by atoms with Crippen molar-refractivity contribution >= 4 is 103 Å². The summed E-state index contributed by atoms with van der Waals surface area (Å²) in [5.74, 6) is -18.1. The lowest BCUT2D eigenvalue weighted by atomic mass is 9.85. The summed E-state index contributed by atoms with van der Waals surface area (Å²) in [7, 11) is -3.89. The third-order valence-corrected chi connectivity index (χ3v) is 18.2. The second kappa shape index (κ2) is 40.1. The number of ketones is 1. The van der Waals surface area contributed by atoms with Gasteiger partial charge in [-0.25, -0.2) is 14.2 Å². The van der Waals surface area contributed by atoms with Gasteiger partial charge in [0.25, 0.3) is 5.91 Å². The molecule has 0 aromatic heterocycles. The number of hydrogen-bond acceptors (Lipinski definition) is 43. The van der Waals surface area contributed by atoms with Gasteiger partial charge in [-0.2, -0.15) is 0 Å². The van der Waals surface area contributed by atoms with Crippen molar-refractivity contribution in [3.8, 4) is 0 Å². The molecule has 48 nitrogen and oxygen atoms in total. The molecule has 5 aliphatic heterocycles. The zero-order chi connectivity index (χ0) is 84.7. The lowest BCUT2D eigenvalue weighted by Gasteiger charge is -2.52. The van der Waals surface area contributed by atoms with Crippen LogP contribution in [0.3, 0.4) is 0 Å². The number of phosphoric ester groups is 1. The van der Waals surface area contributed by atoms with Crippen LogP contribution < -0.4 is 27.4 Å². The zero-order valence-electron chi connectivity index (χ0n) is 63.2. The highest BCUT2D eigenvalue weighted by molar-refractivity contribution is 7.48. The fraction of sp³-hybridized carbons (Fsp3) is 0.719. The van der Waals surface area contributed by atoms with Gasteiger partial charge < -0.3 is 137 Å². The topological polar surface area (TPSA) is 651 Å². The number of aliphatic hydroxyl groups excluding tert-OH is 2. The van der Waals surface area contributed by atoms with E-state index >= 15 is 0 Å². The van der Waals surface area contributed by atoms with Gasteiger partial charge in [-0.3, -0.25) is 80.7 Å². The number of nitrogens with two attached hydrogens (primary N) is 2. The number of hydrogen-bond donors (Lipinski definition) is 8. The Labute approximate surface area is 640 Å². The maximum Gasteiger partial charge on any atom is 0.477 e. The number of aliphatic hydroxyl groups is 3. The molecule has 0 aromatic carbocycles. The van der Waals surface area contributed by atoms with Crippen LogP contribution in [0.15, 0.2) is 11.5 Å². The Balaban J connectivity index is 1.61. The monoisotopic (exact) mass is 1650 g/mol. The maximum atomic E-state index is 14.5. The second-order valence-corrected chi connectivity index (χ2v) is 27.6. The predicted molar refractivity (Wildman–Crippen MR) is 352 cm³/mol. The van der Waals surface area contributed by atoms with E-state index in [1.165, 1.54) is 6.92 Å². The first-order valence-electron chi connectivity index (χ1n) is 34.1. The maximum absolute atomic E-state index is 14.5. The Morgan fingerprint density at radius 1 is 0.531 bits per heavy atom. The average molecular weight is 1650 g/mol. The van der Waals surface area contributed by atoms with Crippen molar-refractivity contribution in [2.45, 2.75) is 262 Å². The van der Waals surface area contributed by atoms with E-state index in [9.17, 15) is 96.6 Å². The molecule has 634 valence electrons. The minimum absolute atomic E-state index is 0.226. The van der Waals surface area contributed by atoms with Crippen molar-refractivity contribution in [1.29, 1.82) is 0 Å². The van der Waals surface area contributed by atoms with Gasteiger partial charge in [-0.15, -0.1) is 0 Å². The molecule has 0 spiro atoms. The molecular weight excluding hydrogens is 1560 g/mol. The van der Waals surface area contributed by atoms with E-state index < -0.39 is 293 Å². The smallest absolute Gasteiger partial charge is 0.477 e. The largest absolute Gasteiger partial charge is 0.510 e. The third-order valence-electron chi connectivity index (χ3n) is 16.8. The number of phosphoric acid groups is 1. The van der Waals surface area contributed by atoms with Crippen LogP contribution in [0.25, 0.3) is 0 Å². The number of Topliss-reactive ketones (excluding diaryl/α,β-unsaturated/α-hetero) is 1. The normalized spacial score (nSPS) is 33.7. The van der Waals surface area contributed by atoms with Gasteiger partial charge in [-0.05, 0) is 13.8 Å². The van der Waals surface area contributed by atoms with Crippen LogP contribution in [0.5, 0.6) is 0 Å². The Kier molecular flexibility index (Phi) is 32.9. The lowest BCUT2D eigenvalue weighted by molar-refractivity contribution is -0.375. The van der Waals surface area contributed by atoms with E-state index in [1.807, 2.05) is 0 Å². The first kappa shape index (κ1) is 92.6. The van der Waals surface area contributed by atoms with Crippen LogP contribution in [-0.4, -0.2) is 304 Å². The molecule has 113 heavy (non-hydrogen) atoms. The van der Waals surface area contributed by atoms with E-state index in [0.717, 1.165) is 90.2 Å². The molecule has 49 heteroatoms. The number of carbonyl (C=O) groups is 16. The highest BCUT2D eigenvalue weighted by Gasteiger charge is 2.64. The van der Waals surface area contributed by atoms with Crippen LogP contribution in [0.2, 0.25) is 0 Å². The van der Waals surface area contributed by atoms with Crippen LogP contribution in [0.1, 0.15) is 103 Å². The van der Waals surface area contributed by atoms with Gasteiger partial charge in [0.2, 0.25) is 17.7 Å². The molecule has 5 saturated heterocycles. The van der Waals surface area contributed by atoms with Crippen molar-refractivity contribution < 1.29 is 205 Å². The molecule has 0 radical (unpaired) electrons. The van der Waals surface area contributed by atoms with E-state index in [-0.39, 0.29) is 12.8 Å². The number of nitrogens with one attached hydrogen (secondary N) is 3. The highest BCUT2D eigenvalue weighted by atomic mass is 31.2. The molecule has 5 amide bonds. The van der Waals surface area contributed by atoms with Gasteiger partial charge in [0, 0.05) is 96.1 Å². The SMILES string of the molecule is COC(=O)[C@H](O)COP(=O)(OC)O[C@H]1O[C@H](C(N)=O)[C@@](C)(O)[C@H](OC(N)=O)[C@H]1O[C@@H]1O[C@H](CO[C@@H]2O[C@H](COC(C)=O)[C@@H](OC(C)=O)[C@H](OC(C)=O)[C@H]2OC(C)=O)[C@@H](O[C@@H]2O[C@H](C)[C@H](O[C@H]3O[C@H](C(=O)NC4=C(O)CCC4=O)[C@H](OC(C)=O)[C@H](OC(C)=O)[C@H]3OC(C)=O)[C@H](OC(C)=O)[C@H]2NC(C)=O)[C@H](OC(C)=O)[C@H]1NC(C)=O. The van der Waals surface area contributed by atoms with E-state index in [0.29, 0.717) is 7.11 Å². The summed E-state index contributed by atoms with van der Waals surface area (Å²) in [5, 5.41) is 40.3. The fourth-order valence-corrected chi connectivity index (χ4v) is 13.6. The number of esters is 10. The molecule has 0 bridgehead atoms. The summed E-state index contributed by atoms with van der Waals surface area (Å²) in [6, 6.07) is -4.27. The average Bonchev–Trinajstić information content (AvgIpc) is 0.904. The number of methoxy groups -OCH3 is 1. The van der Waals surface area contributed by atoms with Gasteiger partial charge >= 0.3 is 73.6 Å². The molecule has 5 fully saturated rings. The standard InChI is InChI=1S/C64H90N5O43P/c1-21-41(106-61-51(103-32(12)80)48(101-30(10)78)47(100-29(9)77)49(108-61)56(85)69-38-33(81)16-17-34(38)82)44(97-26(6)74)39(67-22(2)70)58(95-21)107-42-37(20-93-60-50(102-31(11)79)46(99-28(8)76)43(96-25(5)73)36(105-60)19-92-24(4)72)104-59(40(68-23(3)71)45(42)98-27(7)75)109-52-53(111-63(66)87)64(13,88)54(55(65)84)110-62(52)112-113(89,91-15)94-18-35(83)57(86)90-14/h21,35-37,39-54,58-62,81,83,88H,16-20H2,1-15H3,(H2,65,84)(H2,66,87)(H,67,70)(H,68,71)(H,69,85)/t21-,35-,36-,37-,39-,40-,41+,42-,43-,44-,45-,46+,47-,48+,49+,50-,51-,52-,53-,54-,58+,59+,60-,61+,62-,64+,113?/m1/s1. The van der Waals surface area contributed by atoms with Gasteiger partial charge in [-0.1, -0.05) is 0 Å². The van der Waals surface area contributed by atoms with Crippen molar-refractivity contribution in [2.75, 3.05) is 34.0 Å². The summed E-state index contributed by atoms with van der Waals surface area (Å²) < 4.78 is 148. The minimum atomic E-state index is -5.42. The van der Waals surface area contributed by atoms with Crippen molar-refractivity contribution in [1.82, 2.24) is 16.0 Å². The van der Waals surface area contributed by atoms with Gasteiger partial charge in [0.05, 0.1) is 26.4 Å². The van der Waals surface area contributed by atoms with E-state index in [4.69, 9.17) is 115 Å². The molecule has 0 saturated carbocycles. The van der Waals surface area contributed by atoms with Crippen LogP contribution in [0, 0.1) is 0 Å². The number of carbonyl (C=O) groups excluding carboxylic acids is 16. The lowest BCUT2D eigenvalue weighted by Crippen LogP contribution is -2.73. The summed E-state index contributed by atoms with van der Waals surface area (Å²) in [6.07, 6.45) is -52.8. The Morgan fingerprint density at radius 2 is 0.982 bits per heavy atom. The first-order chi connectivity index (χ1) is 52.7. The first-order valence-corrected chi connectivity index (χ1v) is 35.6. The third kappa shape index (κ3) is 24.6. The van der Waals surface area contributed by atoms with Gasteiger partial charge in [0.15, 0.2) is 117 Å². The Hall–Kier alpha value is -9.27. The second-order valence-electron chi connectivity index (χ2n) is 25.9. The summed E-state index contributed by atoms with van der Waals surface area (Å²) in [4.78, 5) is 211. The number of primary amides is 2. The molecule has 27 atom stereocenters. The Bertz CT molecular complexity index is 3650. The fourth-order valence-electron chi connectivity index (χ4n) is 12.6. The van der Waals surface area contributed by atoms with Crippen LogP contribution >= 0.6 is 7.82 Å². The Morgan fingerprint density at radius 3 is 1.46 bits per heavy atom. The van der Waals surface area contributed by atoms with E-state index in [2.05, 4.69) is 20.7 Å². The van der Waals surface area contributed by atoms with Crippen LogP contribution in [0.4, 0.5) is 4.79 Å². The summed E-state index contributed by atoms with van der Waals surface area (Å²) >= 11 is 0. The van der Waals surface area contributed by atoms with Crippen molar-refractivity contribution in [3.63, 3.8) is 0 Å². The predicted octanol–water partition coefficient (Wildman–Crippen LogP) is -4.90. The number of allylic oxidation sites excluding steroid dienone is 2. The zero-order valence-corrected chi connectivity index (χ0v) is 64.1. The molecule has 6 aliphatic rings. The molecule has 6 rings (SSSR count). The molecule has 0 aromatic rings. The molecule has 5 heterocycles. The quantitative estimate of drug-likeness (QED) is 0.0178. The van der Waals surface area contributed by atoms with Gasteiger partial charge in [0.1, 0.15) is 60.2 Å². The van der Waals surface area contributed by atoms with Crippen molar-refractivity contribution in [3.05, 3.63) is 11.5 Å². The molecule has 1 aliphatic carbocycles. The van der Waals surface area contributed by atoms with Crippen LogP contribution in [-0.2, 0) is 185 Å². The van der Waals surface area contributed by atoms with Crippen molar-refractivity contribution in [2.24, 2.45) is 11.5 Å². The minimum Gasteiger partial charge on any atom is -0.510 e. The molecule has 1 unspecified atom stereocenters. The molecular formula is C64H90N5O43P. The summed E-state index contributed by atoms with van der Waals surface area (Å²) in [6.45, 7) is 8.22. The highest BCUT2D eigenvalue weighted by Crippen LogP contribution is 2.53. The summed E-state index contributed by atoms with van der Waals surface area (Å²) in [5.41, 5.74) is 7.60. The number of amides is 5. The molecule has 10 N–H and O–H groups in total. The van der Waals surface area contributed by atoms with E-state index in [1.54, 1.807) is 0 Å². The number of rotatable bonds is 32.